The van der Waals surface area contributed by atoms with E-state index in [1.165, 1.54) is 30.4 Å². The van der Waals surface area contributed by atoms with Gasteiger partial charge in [-0.15, -0.1) is 11.3 Å². The molecule has 0 spiro atoms. The number of amides is 1. The molecule has 1 aromatic heterocycles. The smallest absolute Gasteiger partial charge is 0.269 e. The molecule has 1 N–H and O–H groups in total. The highest BCUT2D eigenvalue weighted by Crippen LogP contribution is 2.24. The lowest BCUT2D eigenvalue weighted by Crippen LogP contribution is -2.14. The zero-order valence-corrected chi connectivity index (χ0v) is 20.0. The van der Waals surface area contributed by atoms with Crippen molar-refractivity contribution in [3.8, 4) is 11.3 Å². The molecule has 0 fully saturated rings. The van der Waals surface area contributed by atoms with E-state index in [1.807, 2.05) is 66.9 Å². The summed E-state index contributed by atoms with van der Waals surface area (Å²) < 4.78 is 1.76. The maximum atomic E-state index is 11.5. The average Bonchev–Trinajstić information content (AvgIpc) is 3.25. The number of anilines is 1. The lowest BCUT2D eigenvalue weighted by molar-refractivity contribution is -0.384. The van der Waals surface area contributed by atoms with E-state index in [0.29, 0.717) is 17.0 Å². The lowest BCUT2D eigenvalue weighted by Gasteiger charge is -2.08. The first-order valence-electron chi connectivity index (χ1n) is 10.8. The zero-order chi connectivity index (χ0) is 24.8. The normalized spacial score (nSPS) is 11.9. The summed E-state index contributed by atoms with van der Waals surface area (Å²) >= 11 is 1.45. The largest absolute Gasteiger partial charge is 0.326 e. The first kappa shape index (κ1) is 23.8. The molecule has 0 unspecified atom stereocenters. The summed E-state index contributed by atoms with van der Waals surface area (Å²) in [5, 5.41) is 20.7. The number of carbonyl (C=O) groups is 1. The predicted octanol–water partition coefficient (Wildman–Crippen LogP) is 5.46. The number of hydrogen-bond donors (Lipinski definition) is 1. The number of nitrogens with zero attached hydrogens (tertiary/aromatic N) is 4. The van der Waals surface area contributed by atoms with Crippen LogP contribution in [0.5, 0.6) is 0 Å². The highest BCUT2D eigenvalue weighted by atomic mass is 32.1. The molecule has 0 saturated heterocycles. The zero-order valence-electron chi connectivity index (χ0n) is 19.2. The van der Waals surface area contributed by atoms with Crippen LogP contribution in [0.1, 0.15) is 25.0 Å². The van der Waals surface area contributed by atoms with Crippen LogP contribution >= 0.6 is 11.3 Å². The summed E-state index contributed by atoms with van der Waals surface area (Å²) in [4.78, 5) is 27.6. The quantitative estimate of drug-likeness (QED) is 0.214. The van der Waals surface area contributed by atoms with Crippen molar-refractivity contribution in [1.82, 2.24) is 4.68 Å². The van der Waals surface area contributed by atoms with Gasteiger partial charge in [0.05, 0.1) is 22.9 Å². The second-order valence-electron chi connectivity index (χ2n) is 7.77. The average molecular weight is 486 g/mol. The third kappa shape index (κ3) is 5.96. The van der Waals surface area contributed by atoms with E-state index in [9.17, 15) is 14.9 Å². The Morgan fingerprint density at radius 3 is 2.46 bits per heavy atom. The summed E-state index contributed by atoms with van der Waals surface area (Å²) in [5.41, 5.74) is 4.92. The van der Waals surface area contributed by atoms with Crippen LogP contribution in [0.15, 0.2) is 94.3 Å². The van der Waals surface area contributed by atoms with E-state index in [-0.39, 0.29) is 11.6 Å². The number of non-ortho nitro benzene ring substituents is 1. The van der Waals surface area contributed by atoms with E-state index in [1.54, 1.807) is 16.8 Å². The van der Waals surface area contributed by atoms with Crippen LogP contribution in [-0.4, -0.2) is 21.2 Å². The van der Waals surface area contributed by atoms with Crippen LogP contribution < -0.4 is 10.1 Å². The fraction of sp³-hybridized carbons (Fsp3) is 0.115. The Kier molecular flexibility index (Phi) is 7.27. The molecule has 35 heavy (non-hydrogen) atoms. The third-order valence-electron chi connectivity index (χ3n) is 5.15. The van der Waals surface area contributed by atoms with Gasteiger partial charge >= 0.3 is 0 Å². The number of nitro benzene ring substituents is 1. The van der Waals surface area contributed by atoms with Crippen molar-refractivity contribution < 1.29 is 9.72 Å². The Labute approximate surface area is 206 Å². The molecule has 0 atom stereocenters. The molecule has 0 aliphatic rings. The number of aromatic nitrogens is 1. The van der Waals surface area contributed by atoms with Crippen LogP contribution in [0.3, 0.4) is 0 Å². The van der Waals surface area contributed by atoms with Gasteiger partial charge in [0.2, 0.25) is 10.7 Å². The standard InChI is InChI=1S/C26H23N5O3S/c1-18(22-9-6-10-23(15-22)28-19(2)32)29-30-25(21-11-13-24(14-12-21)31(33)34)17-35-26(30)27-16-20-7-4-3-5-8-20/h3-15,17H,16H2,1-2H3,(H,28,32)/b27-26?,29-18+. The molecule has 4 rings (SSSR count). The van der Waals surface area contributed by atoms with Gasteiger partial charge in [-0.1, -0.05) is 42.5 Å². The molecule has 9 heteroatoms. The van der Waals surface area contributed by atoms with Gasteiger partial charge in [0.25, 0.3) is 5.69 Å². The van der Waals surface area contributed by atoms with Gasteiger partial charge in [0, 0.05) is 35.7 Å². The molecule has 1 amide bonds. The van der Waals surface area contributed by atoms with Crippen LogP contribution in [0.2, 0.25) is 0 Å². The number of nitro groups is 1. The van der Waals surface area contributed by atoms with E-state index in [4.69, 9.17) is 10.1 Å². The molecular weight excluding hydrogens is 462 g/mol. The molecule has 0 aliphatic heterocycles. The monoisotopic (exact) mass is 485 g/mol. The second-order valence-corrected chi connectivity index (χ2v) is 8.61. The van der Waals surface area contributed by atoms with Gasteiger partial charge in [-0.05, 0) is 42.3 Å². The van der Waals surface area contributed by atoms with Gasteiger partial charge in [0.15, 0.2) is 0 Å². The van der Waals surface area contributed by atoms with Crippen molar-refractivity contribution in [2.45, 2.75) is 20.4 Å². The van der Waals surface area contributed by atoms with Crippen molar-refractivity contribution in [3.63, 3.8) is 0 Å². The molecule has 176 valence electrons. The first-order valence-corrected chi connectivity index (χ1v) is 11.7. The number of thiazole rings is 1. The van der Waals surface area contributed by atoms with Gasteiger partial charge < -0.3 is 5.32 Å². The topological polar surface area (TPSA) is 102 Å². The van der Waals surface area contributed by atoms with Gasteiger partial charge in [-0.25, -0.2) is 4.68 Å². The van der Waals surface area contributed by atoms with Crippen LogP contribution in [0.25, 0.3) is 11.3 Å². The second kappa shape index (κ2) is 10.7. The van der Waals surface area contributed by atoms with Crippen LogP contribution in [-0.2, 0) is 11.3 Å². The van der Waals surface area contributed by atoms with Crippen molar-refractivity contribution in [1.29, 1.82) is 0 Å². The fourth-order valence-corrected chi connectivity index (χ4v) is 4.26. The van der Waals surface area contributed by atoms with Crippen molar-refractivity contribution in [2.24, 2.45) is 10.1 Å². The molecule has 0 aliphatic carbocycles. The van der Waals surface area contributed by atoms with Crippen molar-refractivity contribution in [3.05, 3.63) is 110 Å². The summed E-state index contributed by atoms with van der Waals surface area (Å²) in [7, 11) is 0. The highest BCUT2D eigenvalue weighted by Gasteiger charge is 2.12. The maximum absolute atomic E-state index is 11.5. The highest BCUT2D eigenvalue weighted by molar-refractivity contribution is 7.07. The number of carbonyl (C=O) groups excluding carboxylic acids is 1. The van der Waals surface area contributed by atoms with Gasteiger partial charge in [0.1, 0.15) is 0 Å². The fourth-order valence-electron chi connectivity index (χ4n) is 3.43. The lowest BCUT2D eigenvalue weighted by atomic mass is 10.1. The first-order chi connectivity index (χ1) is 16.9. The Hall–Kier alpha value is -4.37. The number of hydrogen-bond acceptors (Lipinski definition) is 6. The van der Waals surface area contributed by atoms with E-state index in [2.05, 4.69) is 5.32 Å². The Bertz CT molecular complexity index is 1450. The Morgan fingerprint density at radius 2 is 1.77 bits per heavy atom. The number of rotatable bonds is 7. The molecule has 4 aromatic rings. The molecule has 0 radical (unpaired) electrons. The summed E-state index contributed by atoms with van der Waals surface area (Å²) in [6.07, 6.45) is 0. The summed E-state index contributed by atoms with van der Waals surface area (Å²) in [6.45, 7) is 3.84. The molecule has 3 aromatic carbocycles. The molecule has 1 heterocycles. The summed E-state index contributed by atoms with van der Waals surface area (Å²) in [5.74, 6) is -0.147. The molecule has 8 nitrogen and oxygen atoms in total. The minimum Gasteiger partial charge on any atom is -0.326 e. The van der Waals surface area contributed by atoms with Crippen LogP contribution in [0, 0.1) is 10.1 Å². The SMILES string of the molecule is CC(=O)Nc1cccc(/C(C)=N/n2c(-c3ccc([N+](=O)[O-])cc3)csc2=NCc2ccccc2)c1. The minimum absolute atomic E-state index is 0.0268. The van der Waals surface area contributed by atoms with E-state index >= 15 is 0 Å². The Balaban J connectivity index is 1.78. The third-order valence-corrected chi connectivity index (χ3v) is 6.00. The van der Waals surface area contributed by atoms with Crippen molar-refractivity contribution >= 4 is 34.3 Å². The van der Waals surface area contributed by atoms with E-state index in [0.717, 1.165) is 28.1 Å². The van der Waals surface area contributed by atoms with Gasteiger partial charge in [-0.2, -0.15) is 5.10 Å². The number of benzene rings is 3. The molecule has 0 saturated carbocycles. The minimum atomic E-state index is -0.420. The predicted molar refractivity (Wildman–Crippen MR) is 138 cm³/mol. The van der Waals surface area contributed by atoms with Crippen LogP contribution in [0.4, 0.5) is 11.4 Å². The molecule has 0 bridgehead atoms. The summed E-state index contributed by atoms with van der Waals surface area (Å²) in [6, 6.07) is 23.8. The molecular formula is C26H23N5O3S. The van der Waals surface area contributed by atoms with Gasteiger partial charge in [-0.3, -0.25) is 19.9 Å². The number of nitrogens with one attached hydrogen (secondary N) is 1. The maximum Gasteiger partial charge on any atom is 0.269 e. The van der Waals surface area contributed by atoms with E-state index < -0.39 is 4.92 Å². The Morgan fingerprint density at radius 1 is 1.03 bits per heavy atom. The van der Waals surface area contributed by atoms with Crippen molar-refractivity contribution in [2.75, 3.05) is 5.32 Å².